The van der Waals surface area contributed by atoms with Gasteiger partial charge in [0.05, 0.1) is 0 Å². The predicted molar refractivity (Wildman–Crippen MR) is 98.4 cm³/mol. The monoisotopic (exact) mass is 370 g/mol. The van der Waals surface area contributed by atoms with Crippen LogP contribution in [0.1, 0.15) is 52.0 Å². The van der Waals surface area contributed by atoms with Crippen LogP contribution in [-0.2, 0) is 4.74 Å². The Labute approximate surface area is 153 Å². The van der Waals surface area contributed by atoms with Crippen molar-refractivity contribution in [2.75, 3.05) is 0 Å². The van der Waals surface area contributed by atoms with E-state index in [4.69, 9.17) is 27.9 Å². The van der Waals surface area contributed by atoms with Gasteiger partial charge in [-0.15, -0.1) is 0 Å². The highest BCUT2D eigenvalue weighted by Gasteiger charge is 2.26. The highest BCUT2D eigenvalue weighted by Crippen LogP contribution is 2.35. The molecular weight excluding hydrogens is 347 g/mol. The molecule has 1 heterocycles. The first-order valence-electron chi connectivity index (χ1n) is 8.16. The average molecular weight is 371 g/mol. The summed E-state index contributed by atoms with van der Waals surface area (Å²) in [6, 6.07) is 3.73. The zero-order valence-electron chi connectivity index (χ0n) is 14.4. The SMILES string of the molecule is C=C(c1cc(Cl)nc(Cl)c1)C1CCC(NC(=O)OC(C)(C)C)CC1. The number of hydrogen-bond acceptors (Lipinski definition) is 3. The Balaban J connectivity index is 1.88. The van der Waals surface area contributed by atoms with Crippen molar-refractivity contribution in [3.63, 3.8) is 0 Å². The van der Waals surface area contributed by atoms with E-state index in [1.807, 2.05) is 20.8 Å². The van der Waals surface area contributed by atoms with Gasteiger partial charge in [0.2, 0.25) is 0 Å². The molecule has 0 aromatic carbocycles. The summed E-state index contributed by atoms with van der Waals surface area (Å²) >= 11 is 11.9. The van der Waals surface area contributed by atoms with Gasteiger partial charge < -0.3 is 10.1 Å². The molecule has 24 heavy (non-hydrogen) atoms. The fourth-order valence-electron chi connectivity index (χ4n) is 2.95. The molecule has 0 radical (unpaired) electrons. The second kappa shape index (κ2) is 7.75. The molecule has 1 amide bonds. The summed E-state index contributed by atoms with van der Waals surface area (Å²) in [5.41, 5.74) is 1.48. The molecule has 4 nitrogen and oxygen atoms in total. The molecule has 0 unspecified atom stereocenters. The molecule has 1 aromatic rings. The minimum atomic E-state index is -0.477. The maximum absolute atomic E-state index is 11.9. The van der Waals surface area contributed by atoms with Gasteiger partial charge in [0.1, 0.15) is 15.9 Å². The van der Waals surface area contributed by atoms with Crippen LogP contribution in [0.4, 0.5) is 4.79 Å². The lowest BCUT2D eigenvalue weighted by Gasteiger charge is -2.31. The summed E-state index contributed by atoms with van der Waals surface area (Å²) in [6.45, 7) is 9.79. The lowest BCUT2D eigenvalue weighted by atomic mass is 9.80. The number of alkyl carbamates (subject to hydrolysis) is 1. The third-order valence-corrected chi connectivity index (χ3v) is 4.46. The zero-order chi connectivity index (χ0) is 17.9. The first-order chi connectivity index (χ1) is 11.1. The highest BCUT2D eigenvalue weighted by molar-refractivity contribution is 6.32. The van der Waals surface area contributed by atoms with Crippen molar-refractivity contribution >= 4 is 34.9 Å². The lowest BCUT2D eigenvalue weighted by molar-refractivity contribution is 0.0490. The maximum atomic E-state index is 11.9. The fourth-order valence-corrected chi connectivity index (χ4v) is 3.41. The lowest BCUT2D eigenvalue weighted by Crippen LogP contribution is -2.41. The van der Waals surface area contributed by atoms with Crippen molar-refractivity contribution in [3.8, 4) is 0 Å². The number of allylic oxidation sites excluding steroid dienone is 1. The van der Waals surface area contributed by atoms with Gasteiger partial charge in [-0.1, -0.05) is 29.8 Å². The number of aromatic nitrogens is 1. The summed E-state index contributed by atoms with van der Waals surface area (Å²) in [5.74, 6) is 0.358. The van der Waals surface area contributed by atoms with E-state index in [-0.39, 0.29) is 12.1 Å². The van der Waals surface area contributed by atoms with E-state index in [9.17, 15) is 4.79 Å². The second-order valence-corrected chi connectivity index (χ2v) is 8.00. The minimum absolute atomic E-state index is 0.147. The van der Waals surface area contributed by atoms with Crippen LogP contribution in [-0.4, -0.2) is 22.7 Å². The van der Waals surface area contributed by atoms with Crippen molar-refractivity contribution in [3.05, 3.63) is 34.6 Å². The molecule has 1 aliphatic rings. The number of amides is 1. The minimum Gasteiger partial charge on any atom is -0.444 e. The summed E-state index contributed by atoms with van der Waals surface area (Å²) in [7, 11) is 0. The van der Waals surface area contributed by atoms with Crippen LogP contribution in [0.2, 0.25) is 10.3 Å². The number of halogens is 2. The third-order valence-electron chi connectivity index (χ3n) is 4.07. The Hall–Kier alpha value is -1.26. The molecular formula is C18H24Cl2N2O2. The van der Waals surface area contributed by atoms with Crippen LogP contribution in [0.3, 0.4) is 0 Å². The van der Waals surface area contributed by atoms with Gasteiger partial charge in [-0.2, -0.15) is 0 Å². The third kappa shape index (κ3) is 5.67. The Morgan fingerprint density at radius 3 is 2.25 bits per heavy atom. The Kier molecular flexibility index (Phi) is 6.16. The second-order valence-electron chi connectivity index (χ2n) is 7.22. The number of ether oxygens (including phenoxy) is 1. The smallest absolute Gasteiger partial charge is 0.407 e. The van der Waals surface area contributed by atoms with Gasteiger partial charge in [-0.3, -0.25) is 0 Å². The number of carbonyl (C=O) groups is 1. The van der Waals surface area contributed by atoms with Crippen LogP contribution in [0.15, 0.2) is 18.7 Å². The molecule has 1 aliphatic carbocycles. The van der Waals surface area contributed by atoms with Gasteiger partial charge in [-0.25, -0.2) is 9.78 Å². The number of pyridine rings is 1. The Morgan fingerprint density at radius 2 is 1.75 bits per heavy atom. The maximum Gasteiger partial charge on any atom is 0.407 e. The summed E-state index contributed by atoms with van der Waals surface area (Å²) in [6.07, 6.45) is 3.36. The molecule has 0 saturated heterocycles. The predicted octanol–water partition coefficient (Wildman–Crippen LogP) is 5.49. The van der Waals surface area contributed by atoms with Crippen LogP contribution in [0.25, 0.3) is 5.57 Å². The van der Waals surface area contributed by atoms with E-state index >= 15 is 0 Å². The molecule has 0 atom stereocenters. The van der Waals surface area contributed by atoms with Crippen LogP contribution in [0.5, 0.6) is 0 Å². The molecule has 6 heteroatoms. The van der Waals surface area contributed by atoms with Gasteiger partial charge >= 0.3 is 6.09 Å². The summed E-state index contributed by atoms with van der Waals surface area (Å²) in [4.78, 5) is 15.8. The van der Waals surface area contributed by atoms with Gasteiger partial charge in [0.15, 0.2) is 0 Å². The van der Waals surface area contributed by atoms with E-state index in [0.717, 1.165) is 36.8 Å². The average Bonchev–Trinajstić information content (AvgIpc) is 2.44. The normalized spacial score (nSPS) is 21.2. The first-order valence-corrected chi connectivity index (χ1v) is 8.91. The van der Waals surface area contributed by atoms with Crippen molar-refractivity contribution in [1.29, 1.82) is 0 Å². The van der Waals surface area contributed by atoms with E-state index in [0.29, 0.717) is 16.2 Å². The van der Waals surface area contributed by atoms with E-state index in [1.54, 1.807) is 12.1 Å². The number of carbonyl (C=O) groups excluding carboxylic acids is 1. The number of nitrogens with one attached hydrogen (secondary N) is 1. The van der Waals surface area contributed by atoms with Crippen molar-refractivity contribution in [2.24, 2.45) is 5.92 Å². The van der Waals surface area contributed by atoms with Crippen LogP contribution >= 0.6 is 23.2 Å². The van der Waals surface area contributed by atoms with E-state index in [2.05, 4.69) is 16.9 Å². The largest absolute Gasteiger partial charge is 0.444 e. The topological polar surface area (TPSA) is 51.2 Å². The van der Waals surface area contributed by atoms with Gasteiger partial charge in [0.25, 0.3) is 0 Å². The van der Waals surface area contributed by atoms with E-state index in [1.165, 1.54) is 0 Å². The first kappa shape index (κ1) is 19.1. The molecule has 0 aliphatic heterocycles. The van der Waals surface area contributed by atoms with Gasteiger partial charge in [-0.05, 0) is 75.6 Å². The number of hydrogen-bond donors (Lipinski definition) is 1. The molecule has 132 valence electrons. The molecule has 2 rings (SSSR count). The van der Waals surface area contributed by atoms with Crippen LogP contribution in [0, 0.1) is 5.92 Å². The number of nitrogens with zero attached hydrogens (tertiary/aromatic N) is 1. The molecule has 1 saturated carbocycles. The van der Waals surface area contributed by atoms with Crippen molar-refractivity contribution in [1.82, 2.24) is 10.3 Å². The summed E-state index contributed by atoms with van der Waals surface area (Å²) < 4.78 is 5.31. The van der Waals surface area contributed by atoms with Crippen LogP contribution < -0.4 is 5.32 Å². The van der Waals surface area contributed by atoms with Gasteiger partial charge in [0, 0.05) is 6.04 Å². The highest BCUT2D eigenvalue weighted by atomic mass is 35.5. The molecule has 1 N–H and O–H groups in total. The molecule has 1 fully saturated rings. The Bertz CT molecular complexity index is 598. The Morgan fingerprint density at radius 1 is 1.21 bits per heavy atom. The standard InChI is InChI=1S/C18H24Cl2N2O2/c1-11(13-9-15(19)22-16(20)10-13)12-5-7-14(8-6-12)21-17(23)24-18(2,3)4/h9-10,12,14H,1,5-8H2,2-4H3,(H,21,23). The zero-order valence-corrected chi connectivity index (χ0v) is 15.9. The van der Waals surface area contributed by atoms with E-state index < -0.39 is 5.60 Å². The molecule has 0 spiro atoms. The number of rotatable bonds is 3. The quantitative estimate of drug-likeness (QED) is 0.716. The molecule has 0 bridgehead atoms. The van der Waals surface area contributed by atoms with Crippen molar-refractivity contribution in [2.45, 2.75) is 58.1 Å². The fraction of sp³-hybridized carbons (Fsp3) is 0.556. The summed E-state index contributed by atoms with van der Waals surface area (Å²) in [5, 5.41) is 3.70. The molecule has 1 aromatic heterocycles. The van der Waals surface area contributed by atoms with Crippen molar-refractivity contribution < 1.29 is 9.53 Å².